The van der Waals surface area contributed by atoms with Crippen LogP contribution in [0.25, 0.3) is 22.6 Å². The number of imidazole rings is 1. The predicted octanol–water partition coefficient (Wildman–Crippen LogP) is 2.62. The van der Waals surface area contributed by atoms with Crippen LogP contribution in [-0.2, 0) is 13.5 Å². The van der Waals surface area contributed by atoms with Gasteiger partial charge in [-0.2, -0.15) is 4.98 Å². The summed E-state index contributed by atoms with van der Waals surface area (Å²) in [5.41, 5.74) is 4.87. The van der Waals surface area contributed by atoms with Crippen LogP contribution < -0.4 is 10.6 Å². The third kappa shape index (κ3) is 4.40. The molecule has 4 aromatic rings. The summed E-state index contributed by atoms with van der Waals surface area (Å²) in [6.45, 7) is 5.56. The Hall–Kier alpha value is -3.36. The molecule has 158 valence electrons. The molecule has 2 N–H and O–H groups in total. The Balaban J connectivity index is 1.28. The van der Waals surface area contributed by atoms with Crippen molar-refractivity contribution in [2.24, 2.45) is 7.05 Å². The fourth-order valence-corrected chi connectivity index (χ4v) is 3.91. The molecular weight excluding hydrogens is 388 g/mol. The van der Waals surface area contributed by atoms with Crippen molar-refractivity contribution >= 4 is 22.8 Å². The molecule has 0 spiro atoms. The first-order chi connectivity index (χ1) is 15.3. The first-order valence-corrected chi connectivity index (χ1v) is 10.7. The summed E-state index contributed by atoms with van der Waals surface area (Å²) in [6, 6.07) is 12.4. The van der Waals surface area contributed by atoms with Crippen molar-refractivity contribution in [1.82, 2.24) is 34.7 Å². The molecule has 0 radical (unpaired) electrons. The lowest BCUT2D eigenvalue weighted by Gasteiger charge is -2.27. The standard InChI is InChI=1S/C23H26N8/c1-30-21(18-6-9-24-10-7-18)28-20-16-26-23(29-22(20)30)27-19-4-2-17(3-5-19)8-13-31-14-11-25-12-15-31/h2-7,9-10,16,25H,8,11-15H2,1H3,(H,26,27,29). The van der Waals surface area contributed by atoms with E-state index < -0.39 is 0 Å². The van der Waals surface area contributed by atoms with Gasteiger partial charge in [0, 0.05) is 63.4 Å². The maximum atomic E-state index is 4.69. The topological polar surface area (TPSA) is 83.8 Å². The van der Waals surface area contributed by atoms with Crippen molar-refractivity contribution in [1.29, 1.82) is 0 Å². The van der Waals surface area contributed by atoms with Crippen LogP contribution in [0.15, 0.2) is 55.0 Å². The number of benzene rings is 1. The SMILES string of the molecule is Cn1c(-c2ccncc2)nc2cnc(Nc3ccc(CCN4CCNCC4)cc3)nc21. The first kappa shape index (κ1) is 19.6. The highest BCUT2D eigenvalue weighted by atomic mass is 15.2. The van der Waals surface area contributed by atoms with Gasteiger partial charge >= 0.3 is 0 Å². The van der Waals surface area contributed by atoms with E-state index in [0.29, 0.717) is 5.95 Å². The minimum atomic E-state index is 0.561. The van der Waals surface area contributed by atoms with Crippen LogP contribution in [-0.4, -0.2) is 62.1 Å². The van der Waals surface area contributed by atoms with Gasteiger partial charge in [0.05, 0.1) is 6.20 Å². The van der Waals surface area contributed by atoms with Gasteiger partial charge in [0.1, 0.15) is 11.3 Å². The zero-order chi connectivity index (χ0) is 21.0. The Labute approximate surface area is 181 Å². The molecule has 1 saturated heterocycles. The number of fused-ring (bicyclic) bond motifs is 1. The van der Waals surface area contributed by atoms with Crippen LogP contribution in [0.3, 0.4) is 0 Å². The lowest BCUT2D eigenvalue weighted by molar-refractivity contribution is 0.244. The molecule has 3 aromatic heterocycles. The van der Waals surface area contributed by atoms with Gasteiger partial charge in [0.15, 0.2) is 5.65 Å². The third-order valence-electron chi connectivity index (χ3n) is 5.69. The minimum Gasteiger partial charge on any atom is -0.324 e. The Morgan fingerprint density at radius 2 is 1.77 bits per heavy atom. The van der Waals surface area contributed by atoms with Gasteiger partial charge in [0.25, 0.3) is 0 Å². The number of nitrogens with one attached hydrogen (secondary N) is 2. The van der Waals surface area contributed by atoms with E-state index in [1.807, 2.05) is 23.7 Å². The first-order valence-electron chi connectivity index (χ1n) is 10.7. The van der Waals surface area contributed by atoms with E-state index in [4.69, 9.17) is 0 Å². The number of aryl methyl sites for hydroxylation is 1. The molecule has 0 bridgehead atoms. The molecule has 31 heavy (non-hydrogen) atoms. The van der Waals surface area contributed by atoms with Crippen LogP contribution in [0.2, 0.25) is 0 Å². The molecule has 1 aliphatic rings. The minimum absolute atomic E-state index is 0.561. The van der Waals surface area contributed by atoms with Crippen molar-refractivity contribution in [2.75, 3.05) is 38.0 Å². The Kier molecular flexibility index (Phi) is 5.56. The molecule has 8 nitrogen and oxygen atoms in total. The lowest BCUT2D eigenvalue weighted by Crippen LogP contribution is -2.44. The molecule has 0 amide bonds. The average molecular weight is 415 g/mol. The molecule has 1 aliphatic heterocycles. The summed E-state index contributed by atoms with van der Waals surface area (Å²) in [6.07, 6.45) is 6.36. The zero-order valence-corrected chi connectivity index (χ0v) is 17.6. The van der Waals surface area contributed by atoms with Crippen molar-refractivity contribution in [3.8, 4) is 11.4 Å². The second-order valence-electron chi connectivity index (χ2n) is 7.80. The van der Waals surface area contributed by atoms with Gasteiger partial charge in [-0.05, 0) is 36.2 Å². The summed E-state index contributed by atoms with van der Waals surface area (Å²) in [4.78, 5) is 20.4. The third-order valence-corrected chi connectivity index (χ3v) is 5.69. The van der Waals surface area contributed by atoms with Crippen LogP contribution in [0.1, 0.15) is 5.56 Å². The molecule has 8 heteroatoms. The summed E-state index contributed by atoms with van der Waals surface area (Å²) in [5, 5.41) is 6.71. The smallest absolute Gasteiger partial charge is 0.229 e. The largest absolute Gasteiger partial charge is 0.324 e. The molecule has 4 heterocycles. The summed E-state index contributed by atoms with van der Waals surface area (Å²) in [7, 11) is 1.97. The molecule has 0 atom stereocenters. The van der Waals surface area contributed by atoms with E-state index in [1.165, 1.54) is 5.56 Å². The number of hydrogen-bond acceptors (Lipinski definition) is 7. The molecule has 0 aliphatic carbocycles. The summed E-state index contributed by atoms with van der Waals surface area (Å²) < 4.78 is 1.98. The van der Waals surface area contributed by atoms with Crippen molar-refractivity contribution < 1.29 is 0 Å². The fourth-order valence-electron chi connectivity index (χ4n) is 3.91. The van der Waals surface area contributed by atoms with Gasteiger partial charge in [-0.25, -0.2) is 9.97 Å². The highest BCUT2D eigenvalue weighted by Crippen LogP contribution is 2.23. The van der Waals surface area contributed by atoms with E-state index in [2.05, 4.69) is 59.7 Å². The number of anilines is 2. The molecular formula is C23H26N8. The number of aromatic nitrogens is 5. The highest BCUT2D eigenvalue weighted by molar-refractivity contribution is 5.77. The highest BCUT2D eigenvalue weighted by Gasteiger charge is 2.13. The van der Waals surface area contributed by atoms with Crippen molar-refractivity contribution in [3.63, 3.8) is 0 Å². The number of rotatable bonds is 6. The predicted molar refractivity (Wildman–Crippen MR) is 122 cm³/mol. The maximum Gasteiger partial charge on any atom is 0.229 e. The normalized spacial score (nSPS) is 14.7. The van der Waals surface area contributed by atoms with Crippen LogP contribution in [0.4, 0.5) is 11.6 Å². The van der Waals surface area contributed by atoms with Crippen molar-refractivity contribution in [3.05, 3.63) is 60.6 Å². The van der Waals surface area contributed by atoms with Gasteiger partial charge in [-0.15, -0.1) is 0 Å². The van der Waals surface area contributed by atoms with Gasteiger partial charge in [-0.3, -0.25) is 4.98 Å². The molecule has 0 unspecified atom stereocenters. The quantitative estimate of drug-likeness (QED) is 0.502. The molecule has 1 aromatic carbocycles. The fraction of sp³-hybridized carbons (Fsp3) is 0.304. The van der Waals surface area contributed by atoms with E-state index in [1.54, 1.807) is 18.6 Å². The van der Waals surface area contributed by atoms with E-state index in [0.717, 1.165) is 67.4 Å². The van der Waals surface area contributed by atoms with E-state index in [-0.39, 0.29) is 0 Å². The Morgan fingerprint density at radius 3 is 2.55 bits per heavy atom. The summed E-state index contributed by atoms with van der Waals surface area (Å²) in [5.74, 6) is 1.41. The second-order valence-corrected chi connectivity index (χ2v) is 7.80. The number of nitrogens with zero attached hydrogens (tertiary/aromatic N) is 6. The van der Waals surface area contributed by atoms with Gasteiger partial charge < -0.3 is 20.1 Å². The van der Waals surface area contributed by atoms with E-state index >= 15 is 0 Å². The molecule has 1 fully saturated rings. The second kappa shape index (κ2) is 8.79. The average Bonchev–Trinajstić information content (AvgIpc) is 3.16. The summed E-state index contributed by atoms with van der Waals surface area (Å²) >= 11 is 0. The van der Waals surface area contributed by atoms with Crippen molar-refractivity contribution in [2.45, 2.75) is 6.42 Å². The maximum absolute atomic E-state index is 4.69. The van der Waals surface area contributed by atoms with E-state index in [9.17, 15) is 0 Å². The van der Waals surface area contributed by atoms with Crippen LogP contribution in [0.5, 0.6) is 0 Å². The lowest BCUT2D eigenvalue weighted by atomic mass is 10.1. The number of hydrogen-bond donors (Lipinski definition) is 2. The number of pyridine rings is 1. The van der Waals surface area contributed by atoms with Gasteiger partial charge in [0.2, 0.25) is 5.95 Å². The van der Waals surface area contributed by atoms with Crippen LogP contribution >= 0.6 is 0 Å². The Morgan fingerprint density at radius 1 is 1.00 bits per heavy atom. The molecule has 0 saturated carbocycles. The van der Waals surface area contributed by atoms with Gasteiger partial charge in [-0.1, -0.05) is 12.1 Å². The monoisotopic (exact) mass is 414 g/mol. The van der Waals surface area contributed by atoms with Crippen LogP contribution in [0, 0.1) is 0 Å². The molecule has 5 rings (SSSR count). The Bertz CT molecular complexity index is 1150. The number of piperazine rings is 1. The zero-order valence-electron chi connectivity index (χ0n) is 17.6.